The molecule has 4 aromatic rings. The number of aliphatic hydroxyl groups excluding tert-OH is 3. The number of imide groups is 1. The summed E-state index contributed by atoms with van der Waals surface area (Å²) in [4.78, 5) is 29.7. The predicted molar refractivity (Wildman–Crippen MR) is 279 cm³/mol. The Kier molecular flexibility index (Phi) is 12.5. The maximum absolute atomic E-state index is 14.0. The first-order chi connectivity index (χ1) is 36.0. The summed E-state index contributed by atoms with van der Waals surface area (Å²) in [7, 11) is 3.12. The van der Waals surface area contributed by atoms with Crippen LogP contribution in [0.25, 0.3) is 17.2 Å². The molecule has 0 aromatic heterocycles. The number of carbonyl (C=O) groups excluding carboxylic acids is 2. The van der Waals surface area contributed by atoms with Crippen molar-refractivity contribution in [2.75, 3.05) is 52.6 Å². The summed E-state index contributed by atoms with van der Waals surface area (Å²) in [5.41, 5.74) is 6.97. The second-order valence-electron chi connectivity index (χ2n) is 22.2. The lowest BCUT2D eigenvalue weighted by Gasteiger charge is -2.65. The SMILES string of the molecule is CCNCOc1cc(OC)c2c3c1[C@H](O)Nc1cc4c(c(c1-3)CC2)[C@@H](O)[C@H](c1cc(OC)c(O)c(OC[C@H](CO)[C@@]23CCC5(CCCC5)[C@@H](C5(N6C(=O)C=CC6=O)CCCCC5)[C@@H]2C=Cc2ccccc23)c1)CO4. The molecule has 3 aliphatic heterocycles. The van der Waals surface area contributed by atoms with Gasteiger partial charge < -0.3 is 49.4 Å². The van der Waals surface area contributed by atoms with Gasteiger partial charge in [0.25, 0.3) is 11.8 Å². The summed E-state index contributed by atoms with van der Waals surface area (Å²) in [6.07, 6.45) is 16.9. The van der Waals surface area contributed by atoms with Gasteiger partial charge in [-0.2, -0.15) is 0 Å². The molecule has 5 aliphatic carbocycles. The second-order valence-corrected chi connectivity index (χ2v) is 22.2. The van der Waals surface area contributed by atoms with Gasteiger partial charge in [0.1, 0.15) is 24.0 Å². The second kappa shape index (κ2) is 18.9. The molecule has 0 saturated heterocycles. The Morgan fingerprint density at radius 3 is 2.28 bits per heavy atom. The van der Waals surface area contributed by atoms with Gasteiger partial charge in [0.2, 0.25) is 5.75 Å². The van der Waals surface area contributed by atoms with Gasteiger partial charge in [0, 0.05) is 69.5 Å². The highest BCUT2D eigenvalue weighted by Gasteiger charge is 2.67. The number of phenols is 1. The molecule has 7 atom stereocenters. The Labute approximate surface area is 432 Å². The van der Waals surface area contributed by atoms with Crippen molar-refractivity contribution in [1.29, 1.82) is 0 Å². The number of phenolic OH excluding ortho intramolecular Hbond substituents is 1. The zero-order valence-electron chi connectivity index (χ0n) is 42.7. The lowest BCUT2D eigenvalue weighted by Crippen LogP contribution is -2.68. The van der Waals surface area contributed by atoms with Gasteiger partial charge in [-0.15, -0.1) is 0 Å². The van der Waals surface area contributed by atoms with E-state index in [9.17, 15) is 30.0 Å². The first-order valence-corrected chi connectivity index (χ1v) is 27.0. The molecule has 0 radical (unpaired) electrons. The first kappa shape index (κ1) is 48.9. The number of carbonyl (C=O) groups is 2. The topological polar surface area (TPSA) is 189 Å². The van der Waals surface area contributed by atoms with E-state index in [1.54, 1.807) is 24.1 Å². The largest absolute Gasteiger partial charge is 0.502 e. The van der Waals surface area contributed by atoms with Crippen molar-refractivity contribution in [3.8, 4) is 45.6 Å². The van der Waals surface area contributed by atoms with Crippen LogP contribution >= 0.6 is 0 Å². The van der Waals surface area contributed by atoms with Gasteiger partial charge in [-0.25, -0.2) is 0 Å². The molecule has 0 bridgehead atoms. The van der Waals surface area contributed by atoms with Crippen LogP contribution in [0.2, 0.25) is 0 Å². The van der Waals surface area contributed by atoms with Gasteiger partial charge >= 0.3 is 0 Å². The first-order valence-electron chi connectivity index (χ1n) is 27.0. The van der Waals surface area contributed by atoms with E-state index in [4.69, 9.17) is 23.7 Å². The summed E-state index contributed by atoms with van der Waals surface area (Å²) in [6.45, 7) is 2.89. The number of aliphatic hydroxyl groups is 3. The minimum absolute atomic E-state index is 0.0400. The molecule has 3 saturated carbocycles. The number of anilines is 1. The van der Waals surface area contributed by atoms with E-state index in [1.165, 1.54) is 19.3 Å². The number of hydrogen-bond donors (Lipinski definition) is 6. The number of methoxy groups -OCH3 is 2. The van der Waals surface area contributed by atoms with Gasteiger partial charge in [-0.05, 0) is 110 Å². The van der Waals surface area contributed by atoms with Crippen molar-refractivity contribution < 1.29 is 53.7 Å². The van der Waals surface area contributed by atoms with E-state index in [-0.39, 0.29) is 72.9 Å². The van der Waals surface area contributed by atoms with Crippen molar-refractivity contribution in [2.24, 2.45) is 23.2 Å². The molecular formula is C60H69N3O11. The van der Waals surface area contributed by atoms with E-state index < -0.39 is 35.1 Å². The molecule has 74 heavy (non-hydrogen) atoms. The van der Waals surface area contributed by atoms with Crippen LogP contribution < -0.4 is 34.3 Å². The average Bonchev–Trinajstić information content (AvgIpc) is 4.04. The number of amides is 2. The smallest absolute Gasteiger partial charge is 0.254 e. The van der Waals surface area contributed by atoms with Crippen LogP contribution in [0.3, 0.4) is 0 Å². The number of fused-ring (bicyclic) bond motifs is 5. The molecule has 6 N–H and O–H groups in total. The third-order valence-electron chi connectivity index (χ3n) is 19.0. The number of allylic oxidation sites excluding steroid dienone is 1. The van der Waals surface area contributed by atoms with E-state index in [0.29, 0.717) is 59.0 Å². The predicted octanol–water partition coefficient (Wildman–Crippen LogP) is 8.91. The van der Waals surface area contributed by atoms with Crippen molar-refractivity contribution in [3.63, 3.8) is 0 Å². The minimum atomic E-state index is -1.06. The number of benzene rings is 4. The van der Waals surface area contributed by atoms with Crippen molar-refractivity contribution in [3.05, 3.63) is 106 Å². The molecule has 0 unspecified atom stereocenters. The van der Waals surface area contributed by atoms with Crippen LogP contribution in [-0.2, 0) is 27.8 Å². The molecule has 3 fully saturated rings. The maximum Gasteiger partial charge on any atom is 0.254 e. The Morgan fingerprint density at radius 1 is 0.811 bits per heavy atom. The summed E-state index contributed by atoms with van der Waals surface area (Å²) in [5, 5.41) is 54.6. The van der Waals surface area contributed by atoms with Crippen LogP contribution in [-0.4, -0.2) is 90.0 Å². The molecule has 4 aromatic carbocycles. The maximum atomic E-state index is 14.0. The third kappa shape index (κ3) is 7.32. The van der Waals surface area contributed by atoms with Crippen LogP contribution in [0.5, 0.6) is 34.5 Å². The van der Waals surface area contributed by atoms with E-state index in [1.807, 2.05) is 25.1 Å². The van der Waals surface area contributed by atoms with Crippen molar-refractivity contribution >= 4 is 23.6 Å². The van der Waals surface area contributed by atoms with Crippen LogP contribution in [0.15, 0.2) is 66.8 Å². The molecule has 14 heteroatoms. The highest BCUT2D eigenvalue weighted by Crippen LogP contribution is 2.69. The molecule has 3 heterocycles. The number of rotatable bonds is 14. The highest BCUT2D eigenvalue weighted by atomic mass is 16.5. The van der Waals surface area contributed by atoms with Gasteiger partial charge in [0.05, 0.1) is 51.2 Å². The van der Waals surface area contributed by atoms with E-state index in [2.05, 4.69) is 41.0 Å². The summed E-state index contributed by atoms with van der Waals surface area (Å²) < 4.78 is 31.3. The Balaban J connectivity index is 0.907. The Morgan fingerprint density at radius 2 is 1.54 bits per heavy atom. The summed E-state index contributed by atoms with van der Waals surface area (Å²) in [5.74, 6) is 0.123. The average molecular weight is 1010 g/mol. The molecule has 12 rings (SSSR count). The van der Waals surface area contributed by atoms with Gasteiger partial charge in [0.15, 0.2) is 17.7 Å². The fraction of sp³-hybridized carbons (Fsp3) is 0.500. The number of ether oxygens (including phenoxy) is 5. The number of hydrogen-bond acceptors (Lipinski definition) is 13. The molecule has 390 valence electrons. The van der Waals surface area contributed by atoms with E-state index >= 15 is 0 Å². The summed E-state index contributed by atoms with van der Waals surface area (Å²) in [6, 6.07) is 15.6. The van der Waals surface area contributed by atoms with E-state index in [0.717, 1.165) is 104 Å². The molecule has 2 amide bonds. The van der Waals surface area contributed by atoms with Gasteiger partial charge in [-0.3, -0.25) is 19.8 Å². The number of aromatic hydroxyl groups is 1. The molecule has 1 spiro atoms. The minimum Gasteiger partial charge on any atom is -0.502 e. The fourth-order valence-corrected chi connectivity index (χ4v) is 16.0. The Hall–Kier alpha value is -6.06. The zero-order valence-corrected chi connectivity index (χ0v) is 42.7. The van der Waals surface area contributed by atoms with Crippen LogP contribution in [0, 0.1) is 23.2 Å². The van der Waals surface area contributed by atoms with Crippen LogP contribution in [0.1, 0.15) is 135 Å². The molecule has 14 nitrogen and oxygen atoms in total. The normalized spacial score (nSPS) is 26.8. The molecular weight excluding hydrogens is 939 g/mol. The fourth-order valence-electron chi connectivity index (χ4n) is 16.0. The highest BCUT2D eigenvalue weighted by molar-refractivity contribution is 6.13. The number of nitrogens with one attached hydrogen (secondary N) is 2. The van der Waals surface area contributed by atoms with Crippen molar-refractivity contribution in [2.45, 2.75) is 120 Å². The van der Waals surface area contributed by atoms with Crippen molar-refractivity contribution in [1.82, 2.24) is 10.2 Å². The third-order valence-corrected chi connectivity index (χ3v) is 19.0. The van der Waals surface area contributed by atoms with Crippen LogP contribution in [0.4, 0.5) is 5.69 Å². The quantitative estimate of drug-likeness (QED) is 0.0400. The Bertz CT molecular complexity index is 2940. The lowest BCUT2D eigenvalue weighted by atomic mass is 9.41. The zero-order chi connectivity index (χ0) is 51.1. The number of nitrogens with zero attached hydrogens (tertiary/aromatic N) is 1. The molecule has 8 aliphatic rings. The summed E-state index contributed by atoms with van der Waals surface area (Å²) >= 11 is 0. The lowest BCUT2D eigenvalue weighted by molar-refractivity contribution is -0.164. The van der Waals surface area contributed by atoms with Gasteiger partial charge in [-0.1, -0.05) is 75.4 Å². The standard InChI is InChI=1S/C60H69N3O11/c1-4-61-33-74-45-29-43(70-2)37-15-16-38-50-42(62-57(69)53(45)52(37)50)28-44-51(38)54(67)39(32-73-44)35-26-46(71-3)55(68)47(27-35)72-31-36(30-64)60-25-24-58(20-10-11-21-58)56(41(60)17-14-34-12-6-7-13-40(34)60)59(22-8-5-9-23-59)63-48(65)18-19-49(63)66/h6-7,12-14,17-19,26-29,36,39,41,54,56-57,61-62,64,67-69H,4-5,8-11,15-16,20-25,30-33H2,1-3H3/t36-,39-,41-,54-,56-,57-,60+/m0/s1. The monoisotopic (exact) mass is 1010 g/mol.